The summed E-state index contributed by atoms with van der Waals surface area (Å²) in [7, 11) is 1.53. The first kappa shape index (κ1) is 9.48. The van der Waals surface area contributed by atoms with Crippen LogP contribution in [-0.2, 0) is 0 Å². The lowest BCUT2D eigenvalue weighted by Crippen LogP contribution is -1.98. The molecule has 0 bridgehead atoms. The number of aliphatic hydroxyl groups is 1. The molecular formula is C8H10BrNO2. The van der Waals surface area contributed by atoms with Gasteiger partial charge in [-0.25, -0.2) is 4.98 Å². The molecule has 0 aliphatic rings. The summed E-state index contributed by atoms with van der Waals surface area (Å²) < 4.78 is 5.80. The van der Waals surface area contributed by atoms with E-state index in [4.69, 9.17) is 4.74 Å². The minimum Gasteiger partial charge on any atom is -0.481 e. The highest BCUT2D eigenvalue weighted by atomic mass is 79.9. The molecule has 0 radical (unpaired) electrons. The van der Waals surface area contributed by atoms with Crippen molar-refractivity contribution < 1.29 is 9.84 Å². The van der Waals surface area contributed by atoms with Crippen molar-refractivity contribution in [3.63, 3.8) is 0 Å². The topological polar surface area (TPSA) is 42.4 Å². The average molecular weight is 232 g/mol. The standard InChI is InChI=1S/C8H10BrNO2/c1-5(11)7-3-6(9)4-10-8(7)12-2/h3-5,11H,1-2H3. The summed E-state index contributed by atoms with van der Waals surface area (Å²) in [5.74, 6) is 0.466. The van der Waals surface area contributed by atoms with Crippen molar-refractivity contribution >= 4 is 15.9 Å². The van der Waals surface area contributed by atoms with Gasteiger partial charge in [0, 0.05) is 16.2 Å². The number of methoxy groups -OCH3 is 1. The van der Waals surface area contributed by atoms with Gasteiger partial charge in [-0.2, -0.15) is 0 Å². The number of rotatable bonds is 2. The Kier molecular flexibility index (Phi) is 3.05. The Balaban J connectivity index is 3.12. The van der Waals surface area contributed by atoms with Gasteiger partial charge >= 0.3 is 0 Å². The number of nitrogens with zero attached hydrogens (tertiary/aromatic N) is 1. The second-order valence-electron chi connectivity index (χ2n) is 2.43. The predicted molar refractivity (Wildman–Crippen MR) is 49.1 cm³/mol. The van der Waals surface area contributed by atoms with Gasteiger partial charge in [0.15, 0.2) is 0 Å². The van der Waals surface area contributed by atoms with E-state index in [0.29, 0.717) is 11.4 Å². The number of halogens is 1. The van der Waals surface area contributed by atoms with Gasteiger partial charge in [0.1, 0.15) is 0 Å². The van der Waals surface area contributed by atoms with E-state index in [1.807, 2.05) is 0 Å². The molecule has 1 N–H and O–H groups in total. The van der Waals surface area contributed by atoms with Crippen molar-refractivity contribution in [3.05, 3.63) is 22.3 Å². The maximum Gasteiger partial charge on any atom is 0.218 e. The maximum absolute atomic E-state index is 9.32. The highest BCUT2D eigenvalue weighted by molar-refractivity contribution is 9.10. The third kappa shape index (κ3) is 1.95. The molecule has 1 heterocycles. The quantitative estimate of drug-likeness (QED) is 0.846. The van der Waals surface area contributed by atoms with Gasteiger partial charge < -0.3 is 9.84 Å². The largest absolute Gasteiger partial charge is 0.481 e. The van der Waals surface area contributed by atoms with Crippen molar-refractivity contribution in [2.45, 2.75) is 13.0 Å². The molecule has 0 fully saturated rings. The van der Waals surface area contributed by atoms with Crippen LogP contribution in [0.2, 0.25) is 0 Å². The number of hydrogen-bond acceptors (Lipinski definition) is 3. The normalized spacial score (nSPS) is 12.7. The van der Waals surface area contributed by atoms with Crippen molar-refractivity contribution in [3.8, 4) is 5.88 Å². The first-order valence-electron chi connectivity index (χ1n) is 3.52. The molecule has 1 atom stereocenters. The molecule has 0 spiro atoms. The van der Waals surface area contributed by atoms with Crippen LogP contribution in [0.4, 0.5) is 0 Å². The summed E-state index contributed by atoms with van der Waals surface area (Å²) in [6.45, 7) is 1.67. The van der Waals surface area contributed by atoms with Crippen LogP contribution in [0.3, 0.4) is 0 Å². The number of pyridine rings is 1. The lowest BCUT2D eigenvalue weighted by atomic mass is 10.2. The van der Waals surface area contributed by atoms with Gasteiger partial charge in [-0.15, -0.1) is 0 Å². The van der Waals surface area contributed by atoms with Crippen LogP contribution in [0.25, 0.3) is 0 Å². The van der Waals surface area contributed by atoms with Gasteiger partial charge in [0.2, 0.25) is 5.88 Å². The first-order valence-corrected chi connectivity index (χ1v) is 4.32. The monoisotopic (exact) mass is 231 g/mol. The molecule has 0 aliphatic carbocycles. The summed E-state index contributed by atoms with van der Waals surface area (Å²) in [6, 6.07) is 1.79. The van der Waals surface area contributed by atoms with E-state index in [1.54, 1.807) is 19.2 Å². The zero-order chi connectivity index (χ0) is 9.14. The fraction of sp³-hybridized carbons (Fsp3) is 0.375. The first-order chi connectivity index (χ1) is 5.65. The van der Waals surface area contributed by atoms with Crippen molar-refractivity contribution in [1.82, 2.24) is 4.98 Å². The van der Waals surface area contributed by atoms with E-state index >= 15 is 0 Å². The molecule has 3 nitrogen and oxygen atoms in total. The summed E-state index contributed by atoms with van der Waals surface area (Å²) in [5, 5.41) is 9.32. The van der Waals surface area contributed by atoms with E-state index in [0.717, 1.165) is 4.47 Å². The second-order valence-corrected chi connectivity index (χ2v) is 3.34. The SMILES string of the molecule is COc1ncc(Br)cc1C(C)O. The van der Waals surface area contributed by atoms with Crippen LogP contribution >= 0.6 is 15.9 Å². The van der Waals surface area contributed by atoms with E-state index in [9.17, 15) is 5.11 Å². The van der Waals surface area contributed by atoms with Crippen molar-refractivity contribution in [1.29, 1.82) is 0 Å². The molecule has 0 amide bonds. The molecule has 0 aliphatic heterocycles. The third-order valence-corrected chi connectivity index (χ3v) is 1.92. The molecule has 1 unspecified atom stereocenters. The van der Waals surface area contributed by atoms with Crippen LogP contribution in [0.5, 0.6) is 5.88 Å². The minimum atomic E-state index is -0.565. The maximum atomic E-state index is 9.32. The van der Waals surface area contributed by atoms with Crippen LogP contribution in [0.15, 0.2) is 16.7 Å². The number of aromatic nitrogens is 1. The van der Waals surface area contributed by atoms with E-state index < -0.39 is 6.10 Å². The van der Waals surface area contributed by atoms with Crippen molar-refractivity contribution in [2.75, 3.05) is 7.11 Å². The van der Waals surface area contributed by atoms with Crippen LogP contribution in [0.1, 0.15) is 18.6 Å². The van der Waals surface area contributed by atoms with E-state index in [-0.39, 0.29) is 0 Å². The Morgan fingerprint density at radius 2 is 2.33 bits per heavy atom. The molecule has 0 saturated carbocycles. The minimum absolute atomic E-state index is 0.466. The Morgan fingerprint density at radius 3 is 2.83 bits per heavy atom. The van der Waals surface area contributed by atoms with Crippen LogP contribution < -0.4 is 4.74 Å². The van der Waals surface area contributed by atoms with Gasteiger partial charge in [-0.05, 0) is 28.9 Å². The van der Waals surface area contributed by atoms with Gasteiger partial charge in [0.25, 0.3) is 0 Å². The smallest absolute Gasteiger partial charge is 0.218 e. The molecule has 4 heteroatoms. The number of aliphatic hydroxyl groups excluding tert-OH is 1. The summed E-state index contributed by atoms with van der Waals surface area (Å²) in [6.07, 6.45) is 1.06. The lowest BCUT2D eigenvalue weighted by molar-refractivity contribution is 0.193. The Labute approximate surface area is 79.5 Å². The summed E-state index contributed by atoms with van der Waals surface area (Å²) >= 11 is 3.26. The van der Waals surface area contributed by atoms with E-state index in [1.165, 1.54) is 7.11 Å². The number of ether oxygens (including phenoxy) is 1. The Bertz CT molecular complexity index is 276. The zero-order valence-corrected chi connectivity index (χ0v) is 8.50. The molecule has 1 rings (SSSR count). The molecule has 1 aromatic heterocycles. The van der Waals surface area contributed by atoms with Crippen LogP contribution in [0, 0.1) is 0 Å². The number of hydrogen-bond donors (Lipinski definition) is 1. The van der Waals surface area contributed by atoms with Crippen LogP contribution in [-0.4, -0.2) is 17.2 Å². The second kappa shape index (κ2) is 3.87. The lowest BCUT2D eigenvalue weighted by Gasteiger charge is -2.09. The van der Waals surface area contributed by atoms with Gasteiger partial charge in [-0.3, -0.25) is 0 Å². The third-order valence-electron chi connectivity index (χ3n) is 1.49. The summed E-state index contributed by atoms with van der Waals surface area (Å²) in [4.78, 5) is 3.99. The van der Waals surface area contributed by atoms with Crippen molar-refractivity contribution in [2.24, 2.45) is 0 Å². The molecule has 0 saturated heterocycles. The summed E-state index contributed by atoms with van der Waals surface area (Å²) in [5.41, 5.74) is 0.687. The Morgan fingerprint density at radius 1 is 1.67 bits per heavy atom. The molecule has 0 aromatic carbocycles. The molecule has 66 valence electrons. The predicted octanol–water partition coefficient (Wildman–Crippen LogP) is 1.91. The van der Waals surface area contributed by atoms with Gasteiger partial charge in [-0.1, -0.05) is 0 Å². The highest BCUT2D eigenvalue weighted by Gasteiger charge is 2.09. The highest BCUT2D eigenvalue weighted by Crippen LogP contribution is 2.25. The van der Waals surface area contributed by atoms with E-state index in [2.05, 4.69) is 20.9 Å². The molecule has 12 heavy (non-hydrogen) atoms. The van der Waals surface area contributed by atoms with Gasteiger partial charge in [0.05, 0.1) is 13.2 Å². The average Bonchev–Trinajstić information content (AvgIpc) is 2.04. The fourth-order valence-corrected chi connectivity index (χ4v) is 1.26. The fourth-order valence-electron chi connectivity index (χ4n) is 0.912. The Hall–Kier alpha value is -0.610. The molecule has 1 aromatic rings. The molecular weight excluding hydrogens is 222 g/mol. The zero-order valence-electron chi connectivity index (χ0n) is 6.91.